The van der Waals surface area contributed by atoms with E-state index in [2.05, 4.69) is 10.5 Å². The van der Waals surface area contributed by atoms with Crippen LogP contribution in [0, 0.1) is 20.2 Å². The molecule has 0 heterocycles. The summed E-state index contributed by atoms with van der Waals surface area (Å²) in [4.78, 5) is 33.9. The van der Waals surface area contributed by atoms with Crippen LogP contribution in [0.4, 0.5) is 11.4 Å². The summed E-state index contributed by atoms with van der Waals surface area (Å²) in [6.07, 6.45) is 1.32. The van der Waals surface area contributed by atoms with E-state index in [4.69, 9.17) is 30.5 Å². The van der Waals surface area contributed by atoms with E-state index in [1.807, 2.05) is 37.3 Å². The summed E-state index contributed by atoms with van der Waals surface area (Å²) in [5, 5.41) is 26.6. The Morgan fingerprint density at radius 2 is 1.56 bits per heavy atom. The van der Waals surface area contributed by atoms with Crippen LogP contribution in [-0.2, 0) is 6.61 Å². The van der Waals surface area contributed by atoms with E-state index in [1.165, 1.54) is 18.3 Å². The topological polar surface area (TPSA) is 165 Å². The maximum absolute atomic E-state index is 12.8. The molecule has 1 amide bonds. The van der Waals surface area contributed by atoms with Crippen molar-refractivity contribution in [1.29, 1.82) is 0 Å². The first-order valence-corrected chi connectivity index (χ1v) is 13.9. The number of halogens is 1. The molecule has 0 saturated carbocycles. The Morgan fingerprint density at radius 1 is 0.844 bits per heavy atom. The Bertz CT molecular complexity index is 1730. The first-order chi connectivity index (χ1) is 21.7. The van der Waals surface area contributed by atoms with E-state index in [9.17, 15) is 25.0 Å². The van der Waals surface area contributed by atoms with Gasteiger partial charge in [0.25, 0.3) is 11.6 Å². The average Bonchev–Trinajstić information content (AvgIpc) is 3.02. The van der Waals surface area contributed by atoms with Gasteiger partial charge in [-0.2, -0.15) is 5.10 Å². The summed E-state index contributed by atoms with van der Waals surface area (Å²) in [5.74, 6) is 0.184. The molecular formula is C31H27ClN4O9. The number of hydrogen-bond acceptors (Lipinski definition) is 10. The van der Waals surface area contributed by atoms with Gasteiger partial charge in [-0.05, 0) is 61.4 Å². The highest BCUT2D eigenvalue weighted by Crippen LogP contribution is 2.42. The molecule has 0 spiro atoms. The molecule has 0 aromatic heterocycles. The van der Waals surface area contributed by atoms with E-state index in [0.717, 1.165) is 23.8 Å². The second kappa shape index (κ2) is 15.2. The Hall–Kier alpha value is -5.69. The van der Waals surface area contributed by atoms with Gasteiger partial charge in [0.05, 0.1) is 40.4 Å². The molecule has 0 fully saturated rings. The molecule has 0 aliphatic carbocycles. The summed E-state index contributed by atoms with van der Waals surface area (Å²) in [5.41, 5.74) is 3.02. The number of benzene rings is 4. The van der Waals surface area contributed by atoms with E-state index >= 15 is 0 Å². The predicted octanol–water partition coefficient (Wildman–Crippen LogP) is 7.09. The lowest BCUT2D eigenvalue weighted by Crippen LogP contribution is -2.17. The highest BCUT2D eigenvalue weighted by Gasteiger charge is 2.24. The van der Waals surface area contributed by atoms with Crippen molar-refractivity contribution in [2.75, 3.05) is 13.2 Å². The van der Waals surface area contributed by atoms with E-state index in [1.54, 1.807) is 25.1 Å². The van der Waals surface area contributed by atoms with Gasteiger partial charge in [-0.1, -0.05) is 41.9 Å². The molecule has 0 aliphatic heterocycles. The van der Waals surface area contributed by atoms with Gasteiger partial charge in [-0.15, -0.1) is 0 Å². The maximum atomic E-state index is 12.8. The van der Waals surface area contributed by atoms with Crippen LogP contribution in [0.1, 0.15) is 35.3 Å². The number of rotatable bonds is 14. The van der Waals surface area contributed by atoms with Gasteiger partial charge in [0, 0.05) is 11.6 Å². The minimum atomic E-state index is -0.803. The Labute approximate surface area is 262 Å². The number of amides is 1. The monoisotopic (exact) mass is 634 g/mol. The van der Waals surface area contributed by atoms with Crippen LogP contribution in [0.25, 0.3) is 0 Å². The molecular weight excluding hydrogens is 608 g/mol. The number of nitro benzene ring substituents is 2. The van der Waals surface area contributed by atoms with Crippen molar-refractivity contribution < 1.29 is 33.6 Å². The van der Waals surface area contributed by atoms with Crippen molar-refractivity contribution in [1.82, 2.24) is 5.43 Å². The third-order valence-electron chi connectivity index (χ3n) is 6.02. The molecule has 4 aromatic carbocycles. The number of carbonyl (C=O) groups excluding carboxylic acids is 1. The number of nitro groups is 2. The molecule has 4 rings (SSSR count). The van der Waals surface area contributed by atoms with Crippen LogP contribution in [-0.4, -0.2) is 35.2 Å². The van der Waals surface area contributed by atoms with Crippen molar-refractivity contribution in [2.45, 2.75) is 20.5 Å². The fraction of sp³-hybridized carbons (Fsp3) is 0.161. The third kappa shape index (κ3) is 8.45. The standard InChI is InChI=1S/C31H27ClN4O9/c1-3-42-28-16-22(10-12-27(28)44-19-20-8-6-5-7-9-20)31(37)34-33-18-21-14-24(32)30(29(15-21)43-4-2)45-26-13-11-23(35(38)39)17-25(26)36(40)41/h5-18H,3-4,19H2,1-2H3,(H,34,37)/b33-18+. The molecule has 4 aromatic rings. The average molecular weight is 635 g/mol. The quantitative estimate of drug-likeness (QED) is 0.0865. The minimum Gasteiger partial charge on any atom is -0.490 e. The molecule has 232 valence electrons. The van der Waals surface area contributed by atoms with Gasteiger partial charge in [-0.25, -0.2) is 5.43 Å². The summed E-state index contributed by atoms with van der Waals surface area (Å²) in [6.45, 7) is 4.42. The number of nitrogens with zero attached hydrogens (tertiary/aromatic N) is 3. The number of non-ortho nitro benzene ring substituents is 1. The second-order valence-electron chi connectivity index (χ2n) is 9.10. The van der Waals surface area contributed by atoms with Crippen LogP contribution < -0.4 is 24.4 Å². The fourth-order valence-corrected chi connectivity index (χ4v) is 4.24. The fourth-order valence-electron chi connectivity index (χ4n) is 3.98. The number of hydrazone groups is 1. The van der Waals surface area contributed by atoms with Gasteiger partial charge < -0.3 is 18.9 Å². The molecule has 45 heavy (non-hydrogen) atoms. The zero-order chi connectivity index (χ0) is 32.3. The van der Waals surface area contributed by atoms with Gasteiger partial charge in [0.2, 0.25) is 5.75 Å². The van der Waals surface area contributed by atoms with E-state index in [-0.39, 0.29) is 34.4 Å². The summed E-state index contributed by atoms with van der Waals surface area (Å²) in [7, 11) is 0. The Morgan fingerprint density at radius 3 is 2.24 bits per heavy atom. The summed E-state index contributed by atoms with van der Waals surface area (Å²) < 4.78 is 22.9. The normalized spacial score (nSPS) is 10.7. The Balaban J connectivity index is 1.49. The molecule has 0 atom stereocenters. The van der Waals surface area contributed by atoms with Crippen LogP contribution in [0.5, 0.6) is 28.7 Å². The zero-order valence-electron chi connectivity index (χ0n) is 24.1. The number of carbonyl (C=O) groups is 1. The second-order valence-corrected chi connectivity index (χ2v) is 9.51. The molecule has 14 heteroatoms. The minimum absolute atomic E-state index is 0.00817. The Kier molecular flexibility index (Phi) is 10.9. The SMILES string of the molecule is CCOc1cc(C(=O)N/N=C/c2cc(Cl)c(Oc3ccc([N+](=O)[O-])cc3[N+](=O)[O-])c(OCC)c2)ccc1OCc1ccccc1. The van der Waals surface area contributed by atoms with Crippen molar-refractivity contribution in [3.63, 3.8) is 0 Å². The van der Waals surface area contributed by atoms with Gasteiger partial charge in [-0.3, -0.25) is 25.0 Å². The van der Waals surface area contributed by atoms with Gasteiger partial charge >= 0.3 is 5.69 Å². The molecule has 0 radical (unpaired) electrons. The number of hydrogen-bond donors (Lipinski definition) is 1. The predicted molar refractivity (Wildman–Crippen MR) is 166 cm³/mol. The first-order valence-electron chi connectivity index (χ1n) is 13.5. The van der Waals surface area contributed by atoms with Gasteiger partial charge in [0.15, 0.2) is 23.0 Å². The van der Waals surface area contributed by atoms with E-state index in [0.29, 0.717) is 30.3 Å². The zero-order valence-corrected chi connectivity index (χ0v) is 24.9. The van der Waals surface area contributed by atoms with Crippen molar-refractivity contribution in [2.24, 2.45) is 5.10 Å². The molecule has 0 saturated heterocycles. The van der Waals surface area contributed by atoms with Crippen LogP contribution >= 0.6 is 11.6 Å². The van der Waals surface area contributed by atoms with Crippen molar-refractivity contribution >= 4 is 35.1 Å². The largest absolute Gasteiger partial charge is 0.490 e. The van der Waals surface area contributed by atoms with Gasteiger partial charge in [0.1, 0.15) is 6.61 Å². The van der Waals surface area contributed by atoms with Crippen LogP contribution in [0.15, 0.2) is 84.0 Å². The molecule has 0 bridgehead atoms. The number of nitrogens with one attached hydrogen (secondary N) is 1. The molecule has 0 unspecified atom stereocenters. The van der Waals surface area contributed by atoms with Crippen molar-refractivity contribution in [3.8, 4) is 28.7 Å². The smallest absolute Gasteiger partial charge is 0.318 e. The molecule has 1 N–H and O–H groups in total. The highest BCUT2D eigenvalue weighted by molar-refractivity contribution is 6.32. The lowest BCUT2D eigenvalue weighted by molar-refractivity contribution is -0.394. The highest BCUT2D eigenvalue weighted by atomic mass is 35.5. The third-order valence-corrected chi connectivity index (χ3v) is 6.30. The maximum Gasteiger partial charge on any atom is 0.318 e. The van der Waals surface area contributed by atoms with Crippen LogP contribution in [0.3, 0.4) is 0 Å². The lowest BCUT2D eigenvalue weighted by Gasteiger charge is -2.14. The lowest BCUT2D eigenvalue weighted by atomic mass is 10.2. The van der Waals surface area contributed by atoms with Crippen molar-refractivity contribution in [3.05, 3.63) is 121 Å². The van der Waals surface area contributed by atoms with E-state index < -0.39 is 27.1 Å². The molecule has 0 aliphatic rings. The number of ether oxygens (including phenoxy) is 4. The summed E-state index contributed by atoms with van der Waals surface area (Å²) >= 11 is 6.44. The first kappa shape index (κ1) is 32.2. The summed E-state index contributed by atoms with van der Waals surface area (Å²) in [6, 6.07) is 20.3. The molecule has 13 nitrogen and oxygen atoms in total. The van der Waals surface area contributed by atoms with Crippen LogP contribution in [0.2, 0.25) is 5.02 Å².